The number of carbonyl (C=O) groups is 1. The molecular weight excluding hydrogens is 312 g/mol. The average Bonchev–Trinajstić information content (AvgIpc) is 3.10. The third-order valence-corrected chi connectivity index (χ3v) is 3.22. The molecule has 2 heterocycles. The summed E-state index contributed by atoms with van der Waals surface area (Å²) >= 11 is 0. The molecular formula is C16H14N4O4. The van der Waals surface area contributed by atoms with Crippen LogP contribution in [0.1, 0.15) is 10.4 Å². The van der Waals surface area contributed by atoms with Gasteiger partial charge in [0, 0.05) is 23.5 Å². The van der Waals surface area contributed by atoms with Crippen LogP contribution in [0.3, 0.4) is 0 Å². The van der Waals surface area contributed by atoms with E-state index >= 15 is 0 Å². The number of carbonyl (C=O) groups excluding carboxylic acids is 1. The molecule has 0 atom stereocenters. The van der Waals surface area contributed by atoms with Gasteiger partial charge in [-0.3, -0.25) is 15.1 Å². The SMILES string of the molecule is COc1ccc(C(=O)Nc2nnc(-c3ccncc3)o2)cc1OC. The number of amides is 1. The van der Waals surface area contributed by atoms with Crippen molar-refractivity contribution in [1.29, 1.82) is 0 Å². The summed E-state index contributed by atoms with van der Waals surface area (Å²) in [6.07, 6.45) is 3.23. The van der Waals surface area contributed by atoms with Crippen LogP contribution >= 0.6 is 0 Å². The van der Waals surface area contributed by atoms with Crippen LogP contribution in [0.4, 0.5) is 6.01 Å². The number of benzene rings is 1. The van der Waals surface area contributed by atoms with Crippen molar-refractivity contribution in [3.63, 3.8) is 0 Å². The maximum atomic E-state index is 12.3. The number of pyridine rings is 1. The number of methoxy groups -OCH3 is 2. The fourth-order valence-corrected chi connectivity index (χ4v) is 2.03. The molecule has 2 aromatic heterocycles. The summed E-state index contributed by atoms with van der Waals surface area (Å²) in [6, 6.07) is 8.28. The predicted octanol–water partition coefficient (Wildman–Crippen LogP) is 2.40. The Morgan fingerprint density at radius 1 is 1.04 bits per heavy atom. The van der Waals surface area contributed by atoms with E-state index in [0.717, 1.165) is 0 Å². The van der Waals surface area contributed by atoms with Crippen molar-refractivity contribution in [2.75, 3.05) is 19.5 Å². The molecule has 0 bridgehead atoms. The fourth-order valence-electron chi connectivity index (χ4n) is 2.03. The van der Waals surface area contributed by atoms with E-state index in [1.165, 1.54) is 14.2 Å². The summed E-state index contributed by atoms with van der Waals surface area (Å²) in [6.45, 7) is 0. The van der Waals surface area contributed by atoms with Gasteiger partial charge in [0.1, 0.15) is 0 Å². The molecule has 122 valence electrons. The highest BCUT2D eigenvalue weighted by atomic mass is 16.5. The number of nitrogens with one attached hydrogen (secondary N) is 1. The van der Waals surface area contributed by atoms with Gasteiger partial charge in [0.05, 0.1) is 14.2 Å². The van der Waals surface area contributed by atoms with Gasteiger partial charge < -0.3 is 13.9 Å². The number of hydrogen-bond donors (Lipinski definition) is 1. The van der Waals surface area contributed by atoms with Gasteiger partial charge in [-0.2, -0.15) is 0 Å². The molecule has 0 spiro atoms. The van der Waals surface area contributed by atoms with Crippen molar-refractivity contribution in [3.05, 3.63) is 48.3 Å². The molecule has 0 saturated carbocycles. The van der Waals surface area contributed by atoms with Gasteiger partial charge in [0.25, 0.3) is 5.91 Å². The van der Waals surface area contributed by atoms with E-state index in [1.807, 2.05) is 0 Å². The van der Waals surface area contributed by atoms with Gasteiger partial charge in [0.2, 0.25) is 5.89 Å². The Balaban J connectivity index is 1.77. The van der Waals surface area contributed by atoms with Gasteiger partial charge in [-0.25, -0.2) is 0 Å². The summed E-state index contributed by atoms with van der Waals surface area (Å²) in [5.74, 6) is 0.876. The minimum absolute atomic E-state index is 0.00148. The predicted molar refractivity (Wildman–Crippen MR) is 85.0 cm³/mol. The van der Waals surface area contributed by atoms with Crippen LogP contribution in [0.2, 0.25) is 0 Å². The van der Waals surface area contributed by atoms with Crippen LogP contribution in [0.15, 0.2) is 47.1 Å². The van der Waals surface area contributed by atoms with E-state index in [9.17, 15) is 4.79 Å². The molecule has 1 amide bonds. The highest BCUT2D eigenvalue weighted by Crippen LogP contribution is 2.28. The van der Waals surface area contributed by atoms with Crippen molar-refractivity contribution < 1.29 is 18.7 Å². The number of hydrogen-bond acceptors (Lipinski definition) is 7. The third kappa shape index (κ3) is 3.17. The van der Waals surface area contributed by atoms with Gasteiger partial charge >= 0.3 is 6.01 Å². The van der Waals surface area contributed by atoms with E-state index in [4.69, 9.17) is 13.9 Å². The molecule has 1 aromatic carbocycles. The lowest BCUT2D eigenvalue weighted by molar-refractivity contribution is 0.102. The quantitative estimate of drug-likeness (QED) is 0.768. The zero-order valence-electron chi connectivity index (χ0n) is 13.0. The molecule has 0 radical (unpaired) electrons. The van der Waals surface area contributed by atoms with E-state index in [2.05, 4.69) is 20.5 Å². The van der Waals surface area contributed by atoms with Crippen molar-refractivity contribution >= 4 is 11.9 Å². The number of aromatic nitrogens is 3. The van der Waals surface area contributed by atoms with Gasteiger partial charge in [-0.1, -0.05) is 5.10 Å². The second-order valence-electron chi connectivity index (χ2n) is 4.67. The maximum Gasteiger partial charge on any atom is 0.322 e. The fraction of sp³-hybridized carbons (Fsp3) is 0.125. The lowest BCUT2D eigenvalue weighted by atomic mass is 10.2. The molecule has 1 N–H and O–H groups in total. The molecule has 0 aliphatic rings. The van der Waals surface area contributed by atoms with Crippen molar-refractivity contribution in [2.24, 2.45) is 0 Å². The van der Waals surface area contributed by atoms with Crippen molar-refractivity contribution in [2.45, 2.75) is 0 Å². The summed E-state index contributed by atoms with van der Waals surface area (Å²) in [5, 5.41) is 10.2. The Bertz CT molecular complexity index is 848. The maximum absolute atomic E-state index is 12.3. The second kappa shape index (κ2) is 6.78. The molecule has 24 heavy (non-hydrogen) atoms. The molecule has 0 fully saturated rings. The second-order valence-corrected chi connectivity index (χ2v) is 4.67. The van der Waals surface area contributed by atoms with Gasteiger partial charge in [0.15, 0.2) is 11.5 Å². The Hall–Kier alpha value is -3.42. The lowest BCUT2D eigenvalue weighted by Gasteiger charge is -2.08. The number of ether oxygens (including phenoxy) is 2. The van der Waals surface area contributed by atoms with Gasteiger partial charge in [-0.05, 0) is 30.3 Å². The first-order valence-corrected chi connectivity index (χ1v) is 6.98. The summed E-state index contributed by atoms with van der Waals surface area (Å²) in [7, 11) is 3.02. The largest absolute Gasteiger partial charge is 0.493 e. The van der Waals surface area contributed by atoms with Gasteiger partial charge in [-0.15, -0.1) is 5.10 Å². The minimum atomic E-state index is -0.402. The zero-order valence-corrected chi connectivity index (χ0v) is 13.0. The molecule has 8 heteroatoms. The number of rotatable bonds is 5. The van der Waals surface area contributed by atoms with Crippen LogP contribution in [0.25, 0.3) is 11.5 Å². The van der Waals surface area contributed by atoms with Crippen LogP contribution in [0.5, 0.6) is 11.5 Å². The number of anilines is 1. The molecule has 0 unspecified atom stereocenters. The zero-order chi connectivity index (χ0) is 16.9. The Labute approximate surface area is 137 Å². The van der Waals surface area contributed by atoms with Crippen LogP contribution in [-0.4, -0.2) is 35.3 Å². The normalized spacial score (nSPS) is 10.2. The Kier molecular flexibility index (Phi) is 4.37. The standard InChI is InChI=1S/C16H14N4O4/c1-22-12-4-3-11(9-13(12)23-2)14(21)18-16-20-19-15(24-16)10-5-7-17-8-6-10/h3-9H,1-2H3,(H,18,20,21). The Morgan fingerprint density at radius 2 is 1.79 bits per heavy atom. The van der Waals surface area contributed by atoms with E-state index in [-0.39, 0.29) is 6.01 Å². The van der Waals surface area contributed by atoms with Crippen LogP contribution in [-0.2, 0) is 0 Å². The third-order valence-electron chi connectivity index (χ3n) is 3.22. The number of nitrogens with zero attached hydrogens (tertiary/aromatic N) is 3. The minimum Gasteiger partial charge on any atom is -0.493 e. The molecule has 3 rings (SSSR count). The molecule has 0 aliphatic carbocycles. The summed E-state index contributed by atoms with van der Waals surface area (Å²) in [5.41, 5.74) is 1.08. The van der Waals surface area contributed by atoms with Crippen LogP contribution < -0.4 is 14.8 Å². The topological polar surface area (TPSA) is 99.4 Å². The molecule has 0 saturated heterocycles. The highest BCUT2D eigenvalue weighted by molar-refractivity contribution is 6.03. The first-order chi connectivity index (χ1) is 11.7. The van der Waals surface area contributed by atoms with E-state index < -0.39 is 5.91 Å². The van der Waals surface area contributed by atoms with Crippen LogP contribution in [0, 0.1) is 0 Å². The monoisotopic (exact) mass is 326 g/mol. The van der Waals surface area contributed by atoms with Crippen molar-refractivity contribution in [3.8, 4) is 23.0 Å². The first kappa shape index (κ1) is 15.5. The van der Waals surface area contributed by atoms with Crippen molar-refractivity contribution in [1.82, 2.24) is 15.2 Å². The lowest BCUT2D eigenvalue weighted by Crippen LogP contribution is -2.12. The summed E-state index contributed by atoms with van der Waals surface area (Å²) in [4.78, 5) is 16.2. The smallest absolute Gasteiger partial charge is 0.322 e. The highest BCUT2D eigenvalue weighted by Gasteiger charge is 2.14. The average molecular weight is 326 g/mol. The molecule has 3 aromatic rings. The van der Waals surface area contributed by atoms with E-state index in [0.29, 0.717) is 28.5 Å². The first-order valence-electron chi connectivity index (χ1n) is 6.98. The summed E-state index contributed by atoms with van der Waals surface area (Å²) < 4.78 is 15.7. The molecule has 0 aliphatic heterocycles. The molecule has 8 nitrogen and oxygen atoms in total. The van der Waals surface area contributed by atoms with E-state index in [1.54, 1.807) is 42.7 Å². The Morgan fingerprint density at radius 3 is 2.50 bits per heavy atom.